The molecule has 6 heteroatoms. The van der Waals surface area contributed by atoms with Crippen molar-refractivity contribution >= 4 is 29.9 Å². The fraction of sp³-hybridized carbons (Fsp3) is 0.417. The van der Waals surface area contributed by atoms with Gasteiger partial charge in [-0.15, -0.1) is 12.4 Å². The third-order valence-electron chi connectivity index (χ3n) is 2.11. The van der Waals surface area contributed by atoms with E-state index in [4.69, 9.17) is 22.1 Å². The molecule has 3 N–H and O–H groups in total. The van der Waals surface area contributed by atoms with Gasteiger partial charge in [0.25, 0.3) is 0 Å². The molecule has 1 unspecified atom stereocenters. The lowest BCUT2D eigenvalue weighted by molar-refractivity contribution is -0.122. The first kappa shape index (κ1) is 17.0. The van der Waals surface area contributed by atoms with Crippen LogP contribution in [0, 0.1) is 0 Å². The second kappa shape index (κ2) is 8.19. The summed E-state index contributed by atoms with van der Waals surface area (Å²) in [6.45, 7) is 3.91. The molecule has 0 saturated carbocycles. The van der Waals surface area contributed by atoms with Crippen molar-refractivity contribution in [2.45, 2.75) is 26.0 Å². The minimum Gasteiger partial charge on any atom is -0.489 e. The number of carbonyl (C=O) groups excluding carboxylic acids is 1. The largest absolute Gasteiger partial charge is 0.489 e. The van der Waals surface area contributed by atoms with Crippen molar-refractivity contribution < 1.29 is 9.53 Å². The Hall–Kier alpha value is -0.970. The third-order valence-corrected chi connectivity index (χ3v) is 2.35. The summed E-state index contributed by atoms with van der Waals surface area (Å²) < 4.78 is 5.59. The lowest BCUT2D eigenvalue weighted by atomic mass is 10.3. The molecule has 0 aliphatic carbocycles. The Morgan fingerprint density at radius 1 is 1.50 bits per heavy atom. The number of rotatable bonds is 5. The van der Waals surface area contributed by atoms with Crippen LogP contribution in [0.4, 0.5) is 0 Å². The molecule has 0 bridgehead atoms. The number of hydrogen-bond donors (Lipinski definition) is 2. The number of nitrogens with two attached hydrogens (primary N) is 1. The highest BCUT2D eigenvalue weighted by molar-refractivity contribution is 6.30. The maximum atomic E-state index is 11.2. The van der Waals surface area contributed by atoms with Crippen molar-refractivity contribution in [1.29, 1.82) is 0 Å². The molecular formula is C12H18Cl2N2O2. The van der Waals surface area contributed by atoms with Crippen LogP contribution in [0.5, 0.6) is 5.75 Å². The number of hydrogen-bond acceptors (Lipinski definition) is 3. The standard InChI is InChI=1S/C12H17ClN2O2.ClH/c1-8(7-15-12(16)9(2)14)17-11-5-3-4-10(13)6-11;/h3-6,8-9H,7,14H2,1-2H3,(H,15,16);1H/t8?,9-;/m1./s1. The van der Waals surface area contributed by atoms with E-state index in [9.17, 15) is 4.79 Å². The van der Waals surface area contributed by atoms with E-state index in [0.29, 0.717) is 17.3 Å². The molecule has 102 valence electrons. The average molecular weight is 293 g/mol. The normalized spacial score (nSPS) is 13.1. The summed E-state index contributed by atoms with van der Waals surface area (Å²) in [5.74, 6) is 0.492. The van der Waals surface area contributed by atoms with Crippen LogP contribution in [-0.2, 0) is 4.79 Å². The highest BCUT2D eigenvalue weighted by Gasteiger charge is 2.10. The fourth-order valence-electron chi connectivity index (χ4n) is 1.22. The highest BCUT2D eigenvalue weighted by Crippen LogP contribution is 2.18. The Balaban J connectivity index is 0.00000289. The Kier molecular flexibility index (Phi) is 7.75. The van der Waals surface area contributed by atoms with Crippen molar-refractivity contribution in [3.8, 4) is 5.75 Å². The Labute approximate surface area is 118 Å². The van der Waals surface area contributed by atoms with E-state index in [1.54, 1.807) is 19.1 Å². The number of benzene rings is 1. The minimum absolute atomic E-state index is 0. The predicted octanol–water partition coefficient (Wildman–Crippen LogP) is 1.99. The summed E-state index contributed by atoms with van der Waals surface area (Å²) in [5, 5.41) is 3.31. The van der Waals surface area contributed by atoms with Crippen LogP contribution in [0.3, 0.4) is 0 Å². The molecule has 4 nitrogen and oxygen atoms in total. The summed E-state index contributed by atoms with van der Waals surface area (Å²) in [6.07, 6.45) is -0.142. The first-order valence-corrected chi connectivity index (χ1v) is 5.82. The van der Waals surface area contributed by atoms with E-state index >= 15 is 0 Å². The molecule has 0 fully saturated rings. The summed E-state index contributed by atoms with van der Waals surface area (Å²) in [6, 6.07) is 6.62. The molecule has 2 atom stereocenters. The van der Waals surface area contributed by atoms with Gasteiger partial charge >= 0.3 is 0 Å². The van der Waals surface area contributed by atoms with Crippen molar-refractivity contribution in [2.75, 3.05) is 6.54 Å². The molecule has 0 radical (unpaired) electrons. The average Bonchev–Trinajstić information content (AvgIpc) is 2.25. The van der Waals surface area contributed by atoms with Gasteiger partial charge in [-0.25, -0.2) is 0 Å². The minimum atomic E-state index is -0.506. The van der Waals surface area contributed by atoms with Gasteiger partial charge in [0.05, 0.1) is 12.6 Å². The van der Waals surface area contributed by atoms with Crippen molar-refractivity contribution in [1.82, 2.24) is 5.32 Å². The molecule has 0 saturated heterocycles. The lowest BCUT2D eigenvalue weighted by Crippen LogP contribution is -2.42. The van der Waals surface area contributed by atoms with E-state index in [-0.39, 0.29) is 24.4 Å². The SMILES string of the molecule is CC(CNC(=O)[C@@H](C)N)Oc1cccc(Cl)c1.Cl. The lowest BCUT2D eigenvalue weighted by Gasteiger charge is -2.16. The second-order valence-corrected chi connectivity index (χ2v) is 4.36. The summed E-state index contributed by atoms with van der Waals surface area (Å²) in [7, 11) is 0. The van der Waals surface area contributed by atoms with Gasteiger partial charge in [-0.3, -0.25) is 4.79 Å². The van der Waals surface area contributed by atoms with Gasteiger partial charge in [0, 0.05) is 5.02 Å². The van der Waals surface area contributed by atoms with Crippen molar-refractivity contribution in [3.63, 3.8) is 0 Å². The maximum absolute atomic E-state index is 11.2. The molecule has 0 spiro atoms. The second-order valence-electron chi connectivity index (χ2n) is 3.92. The van der Waals surface area contributed by atoms with Crippen molar-refractivity contribution in [3.05, 3.63) is 29.3 Å². The molecule has 1 aromatic rings. The van der Waals surface area contributed by atoms with Gasteiger partial charge in [0.2, 0.25) is 5.91 Å². The molecule has 1 amide bonds. The van der Waals surface area contributed by atoms with Gasteiger partial charge in [-0.1, -0.05) is 17.7 Å². The molecule has 0 aliphatic rings. The Morgan fingerprint density at radius 3 is 2.72 bits per heavy atom. The molecule has 1 aromatic carbocycles. The molecule has 0 aliphatic heterocycles. The number of halogens is 2. The summed E-state index contributed by atoms with van der Waals surface area (Å²) in [5.41, 5.74) is 5.42. The number of amides is 1. The molecule has 1 rings (SSSR count). The van der Waals surface area contributed by atoms with Crippen LogP contribution >= 0.6 is 24.0 Å². The van der Waals surface area contributed by atoms with E-state index in [1.165, 1.54) is 0 Å². The number of nitrogens with one attached hydrogen (secondary N) is 1. The van der Waals surface area contributed by atoms with Crippen LogP contribution < -0.4 is 15.8 Å². The van der Waals surface area contributed by atoms with Gasteiger partial charge in [0.15, 0.2) is 0 Å². The van der Waals surface area contributed by atoms with Gasteiger partial charge in [-0.2, -0.15) is 0 Å². The van der Waals surface area contributed by atoms with E-state index in [1.807, 2.05) is 19.1 Å². The van der Waals surface area contributed by atoms with E-state index in [0.717, 1.165) is 0 Å². The quantitative estimate of drug-likeness (QED) is 0.872. The van der Waals surface area contributed by atoms with Crippen LogP contribution in [-0.4, -0.2) is 24.6 Å². The summed E-state index contributed by atoms with van der Waals surface area (Å²) in [4.78, 5) is 11.2. The molecule has 0 heterocycles. The first-order valence-electron chi connectivity index (χ1n) is 5.44. The van der Waals surface area contributed by atoms with Crippen LogP contribution in [0.1, 0.15) is 13.8 Å². The molecule has 18 heavy (non-hydrogen) atoms. The highest BCUT2D eigenvalue weighted by atomic mass is 35.5. The maximum Gasteiger partial charge on any atom is 0.236 e. The van der Waals surface area contributed by atoms with Gasteiger partial charge < -0.3 is 15.8 Å². The monoisotopic (exact) mass is 292 g/mol. The van der Waals surface area contributed by atoms with Crippen molar-refractivity contribution in [2.24, 2.45) is 5.73 Å². The van der Waals surface area contributed by atoms with E-state index < -0.39 is 6.04 Å². The fourth-order valence-corrected chi connectivity index (χ4v) is 1.40. The first-order chi connectivity index (χ1) is 7.99. The van der Waals surface area contributed by atoms with Crippen LogP contribution in [0.2, 0.25) is 5.02 Å². The smallest absolute Gasteiger partial charge is 0.236 e. The van der Waals surface area contributed by atoms with E-state index in [2.05, 4.69) is 5.32 Å². The zero-order valence-corrected chi connectivity index (χ0v) is 11.9. The van der Waals surface area contributed by atoms with Gasteiger partial charge in [-0.05, 0) is 32.0 Å². The van der Waals surface area contributed by atoms with Crippen LogP contribution in [0.25, 0.3) is 0 Å². The van der Waals surface area contributed by atoms with Gasteiger partial charge in [0.1, 0.15) is 11.9 Å². The molecular weight excluding hydrogens is 275 g/mol. The topological polar surface area (TPSA) is 64.4 Å². The van der Waals surface area contributed by atoms with Crippen LogP contribution in [0.15, 0.2) is 24.3 Å². The Bertz CT molecular complexity index is 386. The zero-order valence-electron chi connectivity index (χ0n) is 10.4. The number of carbonyl (C=O) groups is 1. The zero-order chi connectivity index (χ0) is 12.8. The third kappa shape index (κ3) is 6.10. The predicted molar refractivity (Wildman–Crippen MR) is 75.4 cm³/mol. The number of ether oxygens (including phenoxy) is 1. The molecule has 0 aromatic heterocycles. The Morgan fingerprint density at radius 2 is 2.17 bits per heavy atom. The summed E-state index contributed by atoms with van der Waals surface area (Å²) >= 11 is 5.83.